The maximum atomic E-state index is 6.13. The Kier molecular flexibility index (Phi) is 1.97. The first-order valence-electron chi connectivity index (χ1n) is 6.15. The molecule has 2 aliphatic rings. The van der Waals surface area contributed by atoms with E-state index in [4.69, 9.17) is 4.74 Å². The topological polar surface area (TPSA) is 12.5 Å². The first-order chi connectivity index (χ1) is 8.01. The summed E-state index contributed by atoms with van der Waals surface area (Å²) in [6, 6.07) is 6.47. The van der Waals surface area contributed by atoms with Crippen LogP contribution in [0.4, 0.5) is 0 Å². The van der Waals surface area contributed by atoms with Crippen molar-refractivity contribution in [1.82, 2.24) is 0 Å². The second-order valence-electron chi connectivity index (χ2n) is 5.33. The van der Waals surface area contributed by atoms with Gasteiger partial charge in [-0.15, -0.1) is 0 Å². The van der Waals surface area contributed by atoms with E-state index in [2.05, 4.69) is 64.1 Å². The SMILES string of the molecule is CC1=CC=CC2(c3cccc(C)c3C)OC12C. The Morgan fingerprint density at radius 1 is 1.12 bits per heavy atom. The van der Waals surface area contributed by atoms with Gasteiger partial charge in [0.15, 0.2) is 0 Å². The van der Waals surface area contributed by atoms with Crippen LogP contribution in [0.2, 0.25) is 0 Å². The zero-order valence-electron chi connectivity index (χ0n) is 10.9. The molecular formula is C16H18O. The highest BCUT2D eigenvalue weighted by Crippen LogP contribution is 2.62. The zero-order valence-corrected chi connectivity index (χ0v) is 10.9. The largest absolute Gasteiger partial charge is 0.348 e. The first kappa shape index (κ1) is 10.8. The molecule has 3 rings (SSSR count). The van der Waals surface area contributed by atoms with Gasteiger partial charge in [-0.2, -0.15) is 0 Å². The van der Waals surface area contributed by atoms with Gasteiger partial charge in [0, 0.05) is 0 Å². The zero-order chi connectivity index (χ0) is 12.3. The number of aryl methyl sites for hydroxylation is 1. The Labute approximate surface area is 103 Å². The van der Waals surface area contributed by atoms with E-state index in [1.54, 1.807) is 0 Å². The van der Waals surface area contributed by atoms with Crippen LogP contribution in [0.5, 0.6) is 0 Å². The van der Waals surface area contributed by atoms with Crippen molar-refractivity contribution in [3.05, 3.63) is 58.7 Å². The molecule has 2 atom stereocenters. The van der Waals surface area contributed by atoms with Gasteiger partial charge >= 0.3 is 0 Å². The van der Waals surface area contributed by atoms with Crippen LogP contribution in [0.3, 0.4) is 0 Å². The Morgan fingerprint density at radius 3 is 2.65 bits per heavy atom. The van der Waals surface area contributed by atoms with E-state index in [1.807, 2.05) is 0 Å². The molecule has 1 heterocycles. The summed E-state index contributed by atoms with van der Waals surface area (Å²) in [5.41, 5.74) is 4.93. The van der Waals surface area contributed by atoms with Crippen molar-refractivity contribution in [2.45, 2.75) is 38.9 Å². The summed E-state index contributed by atoms with van der Waals surface area (Å²) in [5, 5.41) is 0. The van der Waals surface area contributed by atoms with Crippen LogP contribution >= 0.6 is 0 Å². The summed E-state index contributed by atoms with van der Waals surface area (Å²) in [5.74, 6) is 0. The highest BCUT2D eigenvalue weighted by molar-refractivity contribution is 5.53. The summed E-state index contributed by atoms with van der Waals surface area (Å²) < 4.78 is 6.13. The maximum absolute atomic E-state index is 6.13. The van der Waals surface area contributed by atoms with Crippen molar-refractivity contribution in [2.24, 2.45) is 0 Å². The van der Waals surface area contributed by atoms with E-state index in [-0.39, 0.29) is 11.2 Å². The molecule has 0 saturated carbocycles. The van der Waals surface area contributed by atoms with Crippen LogP contribution in [-0.4, -0.2) is 5.60 Å². The smallest absolute Gasteiger partial charge is 0.146 e. The number of hydrogen-bond acceptors (Lipinski definition) is 1. The van der Waals surface area contributed by atoms with E-state index < -0.39 is 0 Å². The molecule has 0 radical (unpaired) electrons. The fourth-order valence-corrected chi connectivity index (χ4v) is 2.91. The summed E-state index contributed by atoms with van der Waals surface area (Å²) >= 11 is 0. The van der Waals surface area contributed by atoms with Gasteiger partial charge in [0.1, 0.15) is 11.2 Å². The Morgan fingerprint density at radius 2 is 1.88 bits per heavy atom. The van der Waals surface area contributed by atoms with Crippen molar-refractivity contribution in [3.8, 4) is 0 Å². The lowest BCUT2D eigenvalue weighted by molar-refractivity contribution is 0.310. The fraction of sp³-hybridized carbons (Fsp3) is 0.375. The molecule has 1 heteroatoms. The third kappa shape index (κ3) is 1.18. The summed E-state index contributed by atoms with van der Waals surface area (Å²) in [4.78, 5) is 0. The second-order valence-corrected chi connectivity index (χ2v) is 5.33. The average Bonchev–Trinajstić information content (AvgIpc) is 2.92. The maximum Gasteiger partial charge on any atom is 0.146 e. The van der Waals surface area contributed by atoms with Gasteiger partial charge in [-0.25, -0.2) is 0 Å². The van der Waals surface area contributed by atoms with Gasteiger partial charge in [0.2, 0.25) is 0 Å². The number of fused-ring (bicyclic) bond motifs is 1. The minimum atomic E-state index is -0.220. The molecule has 1 saturated heterocycles. The molecule has 1 aliphatic carbocycles. The Balaban J connectivity index is 2.17. The first-order valence-corrected chi connectivity index (χ1v) is 6.15. The molecule has 1 aromatic carbocycles. The van der Waals surface area contributed by atoms with Crippen LogP contribution in [0.25, 0.3) is 0 Å². The average molecular weight is 226 g/mol. The van der Waals surface area contributed by atoms with E-state index in [0.717, 1.165) is 0 Å². The molecule has 17 heavy (non-hydrogen) atoms. The third-order valence-corrected chi connectivity index (χ3v) is 4.47. The number of hydrogen-bond donors (Lipinski definition) is 0. The minimum Gasteiger partial charge on any atom is -0.348 e. The lowest BCUT2D eigenvalue weighted by Crippen LogP contribution is -2.23. The second kappa shape index (κ2) is 3.11. The van der Waals surface area contributed by atoms with Crippen molar-refractivity contribution >= 4 is 0 Å². The molecule has 88 valence electrons. The standard InChI is InChI=1S/C16H18O/c1-11-7-5-9-14(13(11)3)16-10-6-8-12(2)15(16,4)17-16/h5-10H,1-4H3. The van der Waals surface area contributed by atoms with Crippen molar-refractivity contribution < 1.29 is 4.74 Å². The molecule has 0 spiro atoms. The van der Waals surface area contributed by atoms with Crippen LogP contribution in [-0.2, 0) is 10.3 Å². The van der Waals surface area contributed by atoms with Crippen molar-refractivity contribution in [3.63, 3.8) is 0 Å². The fourth-order valence-electron chi connectivity index (χ4n) is 2.91. The minimum absolute atomic E-state index is 0.139. The lowest BCUT2D eigenvalue weighted by atomic mass is 9.78. The van der Waals surface area contributed by atoms with E-state index >= 15 is 0 Å². The lowest BCUT2D eigenvalue weighted by Gasteiger charge is -2.20. The van der Waals surface area contributed by atoms with Gasteiger partial charge in [0.05, 0.1) is 0 Å². The predicted octanol–water partition coefficient (Wildman–Crippen LogP) is 3.80. The number of allylic oxidation sites excluding steroid dienone is 2. The van der Waals surface area contributed by atoms with Gasteiger partial charge in [-0.05, 0) is 56.0 Å². The monoisotopic (exact) mass is 226 g/mol. The van der Waals surface area contributed by atoms with Crippen LogP contribution in [0.15, 0.2) is 42.0 Å². The number of epoxide rings is 1. The van der Waals surface area contributed by atoms with E-state index in [0.29, 0.717) is 0 Å². The molecule has 1 nitrogen and oxygen atoms in total. The molecule has 0 aromatic heterocycles. The quantitative estimate of drug-likeness (QED) is 0.663. The van der Waals surface area contributed by atoms with E-state index in [9.17, 15) is 0 Å². The van der Waals surface area contributed by atoms with Crippen molar-refractivity contribution in [1.29, 1.82) is 0 Å². The van der Waals surface area contributed by atoms with Gasteiger partial charge in [-0.1, -0.05) is 30.4 Å². The number of ether oxygens (including phenoxy) is 1. The molecule has 0 amide bonds. The van der Waals surface area contributed by atoms with Gasteiger partial charge in [-0.3, -0.25) is 0 Å². The Hall–Kier alpha value is -1.34. The molecule has 2 unspecified atom stereocenters. The van der Waals surface area contributed by atoms with E-state index in [1.165, 1.54) is 22.3 Å². The molecule has 0 N–H and O–H groups in total. The molecule has 0 bridgehead atoms. The van der Waals surface area contributed by atoms with Crippen molar-refractivity contribution in [2.75, 3.05) is 0 Å². The highest BCUT2D eigenvalue weighted by Gasteiger charge is 2.68. The van der Waals surface area contributed by atoms with Gasteiger partial charge < -0.3 is 4.74 Å². The van der Waals surface area contributed by atoms with Crippen LogP contribution in [0.1, 0.15) is 30.5 Å². The third-order valence-electron chi connectivity index (χ3n) is 4.47. The normalized spacial score (nSPS) is 34.2. The molecular weight excluding hydrogens is 208 g/mol. The molecule has 1 aliphatic heterocycles. The molecule has 1 aromatic rings. The number of benzene rings is 1. The Bertz CT molecular complexity index is 553. The molecule has 1 fully saturated rings. The summed E-state index contributed by atoms with van der Waals surface area (Å²) in [6.45, 7) is 8.67. The number of rotatable bonds is 1. The van der Waals surface area contributed by atoms with Gasteiger partial charge in [0.25, 0.3) is 0 Å². The van der Waals surface area contributed by atoms with Crippen LogP contribution in [0, 0.1) is 13.8 Å². The summed E-state index contributed by atoms with van der Waals surface area (Å²) in [6.07, 6.45) is 6.46. The predicted molar refractivity (Wildman–Crippen MR) is 70.0 cm³/mol. The highest BCUT2D eigenvalue weighted by atomic mass is 16.6. The summed E-state index contributed by atoms with van der Waals surface area (Å²) in [7, 11) is 0. The van der Waals surface area contributed by atoms with Crippen LogP contribution < -0.4 is 0 Å².